The first-order chi connectivity index (χ1) is 13.0. The largest absolute Gasteiger partial charge is 0.387 e. The molecule has 3 aromatic rings. The minimum absolute atomic E-state index is 0.345. The van der Waals surface area contributed by atoms with E-state index in [9.17, 15) is 10.2 Å². The Morgan fingerprint density at radius 1 is 1.22 bits per heavy atom. The summed E-state index contributed by atoms with van der Waals surface area (Å²) in [6, 6.07) is 3.58. The third-order valence-electron chi connectivity index (χ3n) is 5.27. The molecule has 0 amide bonds. The van der Waals surface area contributed by atoms with Crippen molar-refractivity contribution < 1.29 is 19.7 Å². The number of ether oxygens (including phenoxy) is 2. The molecule has 1 fully saturated rings. The van der Waals surface area contributed by atoms with Gasteiger partial charge in [-0.25, -0.2) is 15.0 Å². The van der Waals surface area contributed by atoms with Crippen LogP contribution in [0.3, 0.4) is 0 Å². The van der Waals surface area contributed by atoms with Crippen LogP contribution in [0.4, 0.5) is 0 Å². The number of nitrogens with zero attached hydrogens (tertiary/aromatic N) is 4. The Morgan fingerprint density at radius 3 is 2.93 bits per heavy atom. The number of aryl methyl sites for hydroxylation is 1. The van der Waals surface area contributed by atoms with Gasteiger partial charge in [0.2, 0.25) is 0 Å². The lowest BCUT2D eigenvalue weighted by Crippen LogP contribution is -2.34. The highest BCUT2D eigenvalue weighted by Crippen LogP contribution is 2.43. The monoisotopic (exact) mass is 388 g/mol. The summed E-state index contributed by atoms with van der Waals surface area (Å²) < 4.78 is 13.6. The molecule has 27 heavy (non-hydrogen) atoms. The molecule has 0 aliphatic carbocycles. The molecule has 3 aromatic heterocycles. The summed E-state index contributed by atoms with van der Waals surface area (Å²) in [7, 11) is 0. The van der Waals surface area contributed by atoms with Crippen molar-refractivity contribution in [2.75, 3.05) is 0 Å². The maximum atomic E-state index is 10.7. The topological polar surface area (TPSA) is 103 Å². The van der Waals surface area contributed by atoms with Crippen LogP contribution in [0.1, 0.15) is 29.2 Å². The van der Waals surface area contributed by atoms with Crippen molar-refractivity contribution in [2.24, 2.45) is 0 Å². The molecule has 0 aromatic carbocycles. The van der Waals surface area contributed by atoms with Crippen LogP contribution in [0.15, 0.2) is 30.9 Å². The van der Waals surface area contributed by atoms with E-state index < -0.39 is 30.6 Å². The van der Waals surface area contributed by atoms with E-state index in [1.165, 1.54) is 6.33 Å². The molecule has 5 heterocycles. The minimum Gasteiger partial charge on any atom is -0.387 e. The van der Waals surface area contributed by atoms with Crippen molar-refractivity contribution in [2.45, 2.75) is 44.2 Å². The number of fused-ring (bicyclic) bond motifs is 2. The van der Waals surface area contributed by atoms with E-state index in [-0.39, 0.29) is 0 Å². The van der Waals surface area contributed by atoms with Crippen molar-refractivity contribution in [1.29, 1.82) is 0 Å². The number of halogens is 1. The fraction of sp³-hybridized carbons (Fsp3) is 0.389. The minimum atomic E-state index is -1.13. The zero-order valence-electron chi connectivity index (χ0n) is 14.4. The number of hydrogen-bond donors (Lipinski definition) is 2. The molecule has 0 unspecified atom stereocenters. The number of hydrogen-bond acceptors (Lipinski definition) is 7. The van der Waals surface area contributed by atoms with Gasteiger partial charge in [-0.3, -0.25) is 0 Å². The second-order valence-electron chi connectivity index (χ2n) is 6.83. The van der Waals surface area contributed by atoms with Crippen LogP contribution in [0.25, 0.3) is 11.0 Å². The highest BCUT2D eigenvalue weighted by atomic mass is 35.5. The molecule has 0 spiro atoms. The lowest BCUT2D eigenvalue weighted by atomic mass is 9.99. The summed E-state index contributed by atoms with van der Waals surface area (Å²) in [5.74, 6) is 0. The molecular formula is C18H17ClN4O4. The summed E-state index contributed by atoms with van der Waals surface area (Å²) >= 11 is 6.01. The zero-order chi connectivity index (χ0) is 18.7. The van der Waals surface area contributed by atoms with Crippen LogP contribution in [0, 0.1) is 6.92 Å². The third kappa shape index (κ3) is 2.56. The number of aliphatic hydroxyl groups is 2. The van der Waals surface area contributed by atoms with Crippen LogP contribution >= 0.6 is 11.6 Å². The molecule has 1 saturated heterocycles. The summed E-state index contributed by atoms with van der Waals surface area (Å²) in [5, 5.41) is 22.5. The number of aliphatic hydroxyl groups excluding tert-OH is 2. The predicted molar refractivity (Wildman–Crippen MR) is 95.0 cm³/mol. The Hall–Kier alpha value is -2.10. The standard InChI is InChI=1S/C18H17ClN4O4/c1-8-10-2-3-23(17(10)22-7-21-8)18-14(25)13(24)16(27-18)15-11-4-12(19)20-5-9(11)6-26-15/h2-5,7,13-16,18,24-25H,6H2,1H3/t13-,14+,15+,16-,18+/m0/s1. The first-order valence-electron chi connectivity index (χ1n) is 8.60. The fourth-order valence-electron chi connectivity index (χ4n) is 3.87. The predicted octanol–water partition coefficient (Wildman–Crippen LogP) is 1.68. The molecule has 140 valence electrons. The van der Waals surface area contributed by atoms with Gasteiger partial charge >= 0.3 is 0 Å². The van der Waals surface area contributed by atoms with Gasteiger partial charge in [0.05, 0.1) is 12.3 Å². The summed E-state index contributed by atoms with van der Waals surface area (Å²) in [6.07, 6.45) is 0.574. The Balaban J connectivity index is 1.50. The molecular weight excluding hydrogens is 372 g/mol. The van der Waals surface area contributed by atoms with E-state index in [1.54, 1.807) is 23.0 Å². The van der Waals surface area contributed by atoms with Crippen molar-refractivity contribution >= 4 is 22.6 Å². The molecule has 0 bridgehead atoms. The number of aromatic nitrogens is 4. The Labute approximate surface area is 159 Å². The van der Waals surface area contributed by atoms with E-state index in [1.807, 2.05) is 13.0 Å². The quantitative estimate of drug-likeness (QED) is 0.644. The molecule has 2 aliphatic heterocycles. The number of pyridine rings is 1. The van der Waals surface area contributed by atoms with Gasteiger partial charge in [-0.2, -0.15) is 0 Å². The van der Waals surface area contributed by atoms with Gasteiger partial charge in [0.15, 0.2) is 6.23 Å². The highest BCUT2D eigenvalue weighted by Gasteiger charge is 2.49. The molecule has 5 atom stereocenters. The third-order valence-corrected chi connectivity index (χ3v) is 5.48. The average molecular weight is 389 g/mol. The van der Waals surface area contributed by atoms with Crippen LogP contribution in [0.5, 0.6) is 0 Å². The number of rotatable bonds is 2. The van der Waals surface area contributed by atoms with Gasteiger partial charge in [0, 0.05) is 23.3 Å². The van der Waals surface area contributed by atoms with E-state index in [0.717, 1.165) is 22.2 Å². The van der Waals surface area contributed by atoms with Crippen LogP contribution in [-0.2, 0) is 16.1 Å². The van der Waals surface area contributed by atoms with Gasteiger partial charge in [0.25, 0.3) is 0 Å². The second-order valence-corrected chi connectivity index (χ2v) is 7.22. The van der Waals surface area contributed by atoms with Crippen molar-refractivity contribution in [3.05, 3.63) is 52.8 Å². The van der Waals surface area contributed by atoms with E-state index >= 15 is 0 Å². The second kappa shape index (κ2) is 6.22. The van der Waals surface area contributed by atoms with Crippen molar-refractivity contribution in [3.8, 4) is 0 Å². The molecule has 2 N–H and O–H groups in total. The maximum Gasteiger partial charge on any atom is 0.164 e. The summed E-state index contributed by atoms with van der Waals surface area (Å²) in [5.41, 5.74) is 3.19. The molecule has 0 saturated carbocycles. The fourth-order valence-corrected chi connectivity index (χ4v) is 4.03. The zero-order valence-corrected chi connectivity index (χ0v) is 15.1. The van der Waals surface area contributed by atoms with E-state index in [4.69, 9.17) is 21.1 Å². The maximum absolute atomic E-state index is 10.7. The lowest BCUT2D eigenvalue weighted by Gasteiger charge is -2.22. The molecule has 0 radical (unpaired) electrons. The first-order valence-corrected chi connectivity index (χ1v) is 8.98. The highest BCUT2D eigenvalue weighted by molar-refractivity contribution is 6.29. The van der Waals surface area contributed by atoms with Crippen molar-refractivity contribution in [3.63, 3.8) is 0 Å². The van der Waals surface area contributed by atoms with E-state index in [0.29, 0.717) is 17.4 Å². The van der Waals surface area contributed by atoms with Gasteiger partial charge < -0.3 is 24.3 Å². The lowest BCUT2D eigenvalue weighted by molar-refractivity contribution is -0.104. The van der Waals surface area contributed by atoms with Gasteiger partial charge in [-0.05, 0) is 24.6 Å². The summed E-state index contributed by atoms with van der Waals surface area (Å²) in [4.78, 5) is 12.5. The Kier molecular flexibility index (Phi) is 3.92. The molecule has 2 aliphatic rings. The van der Waals surface area contributed by atoms with Gasteiger partial charge in [-0.15, -0.1) is 0 Å². The van der Waals surface area contributed by atoms with Crippen LogP contribution in [0.2, 0.25) is 5.15 Å². The van der Waals surface area contributed by atoms with Gasteiger partial charge in [0.1, 0.15) is 41.5 Å². The average Bonchev–Trinajstić information content (AvgIpc) is 3.33. The Morgan fingerprint density at radius 2 is 2.07 bits per heavy atom. The first kappa shape index (κ1) is 17.0. The van der Waals surface area contributed by atoms with Crippen molar-refractivity contribution in [1.82, 2.24) is 19.5 Å². The molecule has 5 rings (SSSR count). The van der Waals surface area contributed by atoms with Gasteiger partial charge in [-0.1, -0.05) is 11.6 Å². The van der Waals surface area contributed by atoms with Crippen LogP contribution < -0.4 is 0 Å². The van der Waals surface area contributed by atoms with Crippen LogP contribution in [-0.4, -0.2) is 48.0 Å². The molecule has 8 nitrogen and oxygen atoms in total. The normalized spacial score (nSPS) is 30.1. The Bertz CT molecular complexity index is 1030. The van der Waals surface area contributed by atoms with E-state index in [2.05, 4.69) is 15.0 Å². The smallest absolute Gasteiger partial charge is 0.164 e. The molecule has 9 heteroatoms. The SMILES string of the molecule is Cc1ncnc2c1ccn2[C@@H]1O[C@H]([C@@H]2OCc3cnc(Cl)cc32)[C@@H](O)[C@H]1O. The summed E-state index contributed by atoms with van der Waals surface area (Å²) in [6.45, 7) is 2.25.